The van der Waals surface area contributed by atoms with E-state index in [9.17, 15) is 0 Å². The summed E-state index contributed by atoms with van der Waals surface area (Å²) >= 11 is 1.82. The van der Waals surface area contributed by atoms with Crippen LogP contribution in [0.15, 0.2) is 41.8 Å². The van der Waals surface area contributed by atoms with Gasteiger partial charge in [-0.3, -0.25) is 0 Å². The molecule has 3 heteroatoms. The fourth-order valence-corrected chi connectivity index (χ4v) is 2.90. The summed E-state index contributed by atoms with van der Waals surface area (Å²) in [5.74, 6) is 0.969. The van der Waals surface area contributed by atoms with Gasteiger partial charge in [0.05, 0.1) is 6.61 Å². The summed E-state index contributed by atoms with van der Waals surface area (Å²) in [4.78, 5) is 1.44. The van der Waals surface area contributed by atoms with Crippen molar-refractivity contribution >= 4 is 11.3 Å². The van der Waals surface area contributed by atoms with Gasteiger partial charge in [0.2, 0.25) is 0 Å². The van der Waals surface area contributed by atoms with E-state index < -0.39 is 0 Å². The minimum Gasteiger partial charge on any atom is -0.494 e. The van der Waals surface area contributed by atoms with Gasteiger partial charge < -0.3 is 10.1 Å². The van der Waals surface area contributed by atoms with Crippen LogP contribution in [0.4, 0.5) is 0 Å². The zero-order valence-electron chi connectivity index (χ0n) is 12.3. The van der Waals surface area contributed by atoms with Gasteiger partial charge in [-0.25, -0.2) is 0 Å². The zero-order chi connectivity index (χ0) is 14.2. The Balaban J connectivity index is 1.80. The van der Waals surface area contributed by atoms with Crippen LogP contribution in [0.2, 0.25) is 0 Å². The molecule has 1 aromatic carbocycles. The fourth-order valence-electron chi connectivity index (χ4n) is 2.06. The molecular formula is C17H23NOS. The Kier molecular flexibility index (Phi) is 6.09. The Morgan fingerprint density at radius 1 is 1.25 bits per heavy atom. The van der Waals surface area contributed by atoms with E-state index in [4.69, 9.17) is 4.74 Å². The summed E-state index contributed by atoms with van der Waals surface area (Å²) in [5.41, 5.74) is 1.27. The quantitative estimate of drug-likeness (QED) is 0.784. The van der Waals surface area contributed by atoms with E-state index in [0.29, 0.717) is 6.04 Å². The number of nitrogens with one attached hydrogen (secondary N) is 1. The topological polar surface area (TPSA) is 21.3 Å². The second kappa shape index (κ2) is 8.08. The summed E-state index contributed by atoms with van der Waals surface area (Å²) in [7, 11) is 0. The molecular weight excluding hydrogens is 266 g/mol. The highest BCUT2D eigenvalue weighted by molar-refractivity contribution is 7.09. The van der Waals surface area contributed by atoms with Crippen LogP contribution in [0.1, 0.15) is 30.7 Å². The monoisotopic (exact) mass is 289 g/mol. The summed E-state index contributed by atoms with van der Waals surface area (Å²) in [6.45, 7) is 6.02. The van der Waals surface area contributed by atoms with Crippen LogP contribution < -0.4 is 10.1 Å². The average Bonchev–Trinajstić information content (AvgIpc) is 2.96. The molecule has 2 aromatic rings. The number of thiophene rings is 1. The minimum absolute atomic E-state index is 0.480. The van der Waals surface area contributed by atoms with E-state index in [1.165, 1.54) is 10.4 Å². The molecule has 0 amide bonds. The van der Waals surface area contributed by atoms with Crippen LogP contribution in [0.3, 0.4) is 0 Å². The van der Waals surface area contributed by atoms with Gasteiger partial charge in [0.1, 0.15) is 5.75 Å². The molecule has 20 heavy (non-hydrogen) atoms. The van der Waals surface area contributed by atoms with E-state index in [-0.39, 0.29) is 0 Å². The van der Waals surface area contributed by atoms with Crippen molar-refractivity contribution in [3.8, 4) is 5.75 Å². The van der Waals surface area contributed by atoms with Crippen molar-refractivity contribution in [1.29, 1.82) is 0 Å². The Hall–Kier alpha value is -1.32. The lowest BCUT2D eigenvalue weighted by Crippen LogP contribution is -2.27. The van der Waals surface area contributed by atoms with Gasteiger partial charge in [0, 0.05) is 17.5 Å². The molecule has 0 bridgehead atoms. The molecule has 2 nitrogen and oxygen atoms in total. The number of ether oxygens (including phenoxy) is 1. The Bertz CT molecular complexity index is 495. The largest absolute Gasteiger partial charge is 0.494 e. The number of benzene rings is 1. The van der Waals surface area contributed by atoms with Crippen molar-refractivity contribution in [2.75, 3.05) is 6.61 Å². The number of hydrogen-bond acceptors (Lipinski definition) is 3. The molecule has 0 aliphatic heterocycles. The first kappa shape index (κ1) is 15.1. The van der Waals surface area contributed by atoms with Crippen molar-refractivity contribution in [3.05, 3.63) is 52.2 Å². The molecule has 1 aromatic heterocycles. The second-order valence-electron chi connectivity index (χ2n) is 5.06. The molecule has 1 heterocycles. The van der Waals surface area contributed by atoms with Crippen LogP contribution in [0.5, 0.6) is 5.75 Å². The van der Waals surface area contributed by atoms with Gasteiger partial charge in [-0.1, -0.05) is 25.1 Å². The predicted octanol–water partition coefficient (Wildman–Crippen LogP) is 4.26. The van der Waals surface area contributed by atoms with E-state index in [1.807, 2.05) is 17.4 Å². The van der Waals surface area contributed by atoms with Crippen molar-refractivity contribution in [1.82, 2.24) is 5.32 Å². The maximum atomic E-state index is 5.66. The first-order valence-corrected chi connectivity index (χ1v) is 8.13. The lowest BCUT2D eigenvalue weighted by Gasteiger charge is -2.13. The van der Waals surface area contributed by atoms with Gasteiger partial charge in [-0.15, -0.1) is 11.3 Å². The third-order valence-corrected chi connectivity index (χ3v) is 4.01. The smallest absolute Gasteiger partial charge is 0.119 e. The van der Waals surface area contributed by atoms with Gasteiger partial charge in [0.25, 0.3) is 0 Å². The molecule has 0 fully saturated rings. The molecule has 1 atom stereocenters. The van der Waals surface area contributed by atoms with Gasteiger partial charge in [-0.2, -0.15) is 0 Å². The van der Waals surface area contributed by atoms with E-state index in [2.05, 4.69) is 54.9 Å². The summed E-state index contributed by atoms with van der Waals surface area (Å²) in [6, 6.07) is 13.1. The predicted molar refractivity (Wildman–Crippen MR) is 86.6 cm³/mol. The highest BCUT2D eigenvalue weighted by Gasteiger charge is 2.04. The maximum Gasteiger partial charge on any atom is 0.119 e. The highest BCUT2D eigenvalue weighted by Crippen LogP contribution is 2.14. The van der Waals surface area contributed by atoms with Crippen LogP contribution in [-0.2, 0) is 13.0 Å². The molecule has 0 saturated heterocycles. The van der Waals surface area contributed by atoms with Gasteiger partial charge in [0.15, 0.2) is 0 Å². The lowest BCUT2D eigenvalue weighted by atomic mass is 10.1. The normalized spacial score (nSPS) is 12.3. The van der Waals surface area contributed by atoms with Crippen LogP contribution in [0.25, 0.3) is 0 Å². The standard InChI is InChI=1S/C17H23NOS/c1-3-9-19-16-7-4-6-15(12-16)13-18-14(2)11-17-8-5-10-20-17/h4-8,10,12,14,18H,3,9,11,13H2,1-2H3. The van der Waals surface area contributed by atoms with E-state index in [0.717, 1.165) is 31.7 Å². The first-order valence-electron chi connectivity index (χ1n) is 7.25. The zero-order valence-corrected chi connectivity index (χ0v) is 13.1. The second-order valence-corrected chi connectivity index (χ2v) is 6.09. The van der Waals surface area contributed by atoms with Gasteiger partial charge in [-0.05, 0) is 48.9 Å². The molecule has 2 rings (SSSR count). The molecule has 108 valence electrons. The SMILES string of the molecule is CCCOc1cccc(CNC(C)Cc2cccs2)c1. The van der Waals surface area contributed by atoms with E-state index >= 15 is 0 Å². The van der Waals surface area contributed by atoms with Crippen molar-refractivity contribution in [2.45, 2.75) is 39.3 Å². The van der Waals surface area contributed by atoms with Crippen molar-refractivity contribution < 1.29 is 4.74 Å². The van der Waals surface area contributed by atoms with E-state index in [1.54, 1.807) is 0 Å². The molecule has 0 aliphatic rings. The molecule has 1 unspecified atom stereocenters. The molecule has 0 saturated carbocycles. The fraction of sp³-hybridized carbons (Fsp3) is 0.412. The Labute approximate surface area is 125 Å². The molecule has 0 aliphatic carbocycles. The lowest BCUT2D eigenvalue weighted by molar-refractivity contribution is 0.317. The summed E-state index contributed by atoms with van der Waals surface area (Å²) in [5, 5.41) is 5.71. The third kappa shape index (κ3) is 4.99. The van der Waals surface area contributed by atoms with Crippen molar-refractivity contribution in [2.24, 2.45) is 0 Å². The summed E-state index contributed by atoms with van der Waals surface area (Å²) in [6.07, 6.45) is 2.13. The molecule has 1 N–H and O–H groups in total. The average molecular weight is 289 g/mol. The van der Waals surface area contributed by atoms with Crippen LogP contribution in [-0.4, -0.2) is 12.6 Å². The minimum atomic E-state index is 0.480. The number of rotatable bonds is 8. The summed E-state index contributed by atoms with van der Waals surface area (Å²) < 4.78 is 5.66. The maximum absolute atomic E-state index is 5.66. The van der Waals surface area contributed by atoms with Crippen LogP contribution in [0, 0.1) is 0 Å². The Morgan fingerprint density at radius 3 is 2.90 bits per heavy atom. The highest BCUT2D eigenvalue weighted by atomic mass is 32.1. The third-order valence-electron chi connectivity index (χ3n) is 3.11. The molecule has 0 radical (unpaired) electrons. The first-order chi connectivity index (χ1) is 9.78. The molecule has 0 spiro atoms. The number of hydrogen-bond donors (Lipinski definition) is 1. The van der Waals surface area contributed by atoms with Gasteiger partial charge >= 0.3 is 0 Å². The van der Waals surface area contributed by atoms with Crippen molar-refractivity contribution in [3.63, 3.8) is 0 Å². The van der Waals surface area contributed by atoms with Crippen LogP contribution >= 0.6 is 11.3 Å². The Morgan fingerprint density at radius 2 is 2.15 bits per heavy atom.